The lowest BCUT2D eigenvalue weighted by Gasteiger charge is -2.31. The van der Waals surface area contributed by atoms with Gasteiger partial charge >= 0.3 is 0 Å². The number of hydrogen-bond donors (Lipinski definition) is 0. The molecular formula is C49H32N2. The van der Waals surface area contributed by atoms with E-state index >= 15 is 0 Å². The van der Waals surface area contributed by atoms with Crippen LogP contribution in [-0.2, 0) is 5.41 Å². The first-order valence-corrected chi connectivity index (χ1v) is 17.7. The van der Waals surface area contributed by atoms with E-state index in [1.807, 2.05) is 0 Å². The molecule has 2 heteroatoms. The van der Waals surface area contributed by atoms with Gasteiger partial charge < -0.3 is 9.47 Å². The third-order valence-corrected chi connectivity index (χ3v) is 11.2. The lowest BCUT2D eigenvalue weighted by molar-refractivity contribution is 0.794. The summed E-state index contributed by atoms with van der Waals surface area (Å²) >= 11 is 0. The predicted molar refractivity (Wildman–Crippen MR) is 212 cm³/mol. The molecule has 238 valence electrons. The predicted octanol–water partition coefficient (Wildman–Crippen LogP) is 12.6. The number of rotatable bonds is 4. The van der Waals surface area contributed by atoms with Crippen LogP contribution in [0.25, 0.3) is 49.7 Å². The number of fused-ring (bicyclic) bond motifs is 13. The summed E-state index contributed by atoms with van der Waals surface area (Å²) in [5.74, 6) is 0. The molecule has 11 rings (SSSR count). The van der Waals surface area contributed by atoms with E-state index in [1.165, 1.54) is 72.0 Å². The molecule has 0 fully saturated rings. The van der Waals surface area contributed by atoms with Gasteiger partial charge in [0.1, 0.15) is 0 Å². The number of anilines is 3. The zero-order valence-electron chi connectivity index (χ0n) is 27.9. The van der Waals surface area contributed by atoms with Crippen LogP contribution in [0.5, 0.6) is 0 Å². The van der Waals surface area contributed by atoms with Crippen LogP contribution >= 0.6 is 0 Å². The maximum absolute atomic E-state index is 2.47. The first-order chi connectivity index (χ1) is 25.3. The van der Waals surface area contributed by atoms with Crippen LogP contribution in [0.3, 0.4) is 0 Å². The normalized spacial score (nSPS) is 13.3. The molecule has 0 aliphatic heterocycles. The van der Waals surface area contributed by atoms with Gasteiger partial charge in [-0.2, -0.15) is 0 Å². The first-order valence-electron chi connectivity index (χ1n) is 17.7. The minimum atomic E-state index is -0.402. The number of aromatic nitrogens is 1. The fourth-order valence-electron chi connectivity index (χ4n) is 9.27. The van der Waals surface area contributed by atoms with Crippen LogP contribution in [0, 0.1) is 0 Å². The zero-order valence-corrected chi connectivity index (χ0v) is 27.9. The van der Waals surface area contributed by atoms with Crippen LogP contribution in [0.15, 0.2) is 194 Å². The van der Waals surface area contributed by atoms with Crippen molar-refractivity contribution in [1.29, 1.82) is 0 Å². The Labute approximate surface area is 297 Å². The van der Waals surface area contributed by atoms with Crippen molar-refractivity contribution in [2.75, 3.05) is 4.90 Å². The number of para-hydroxylation sites is 3. The van der Waals surface area contributed by atoms with Gasteiger partial charge in [0.15, 0.2) is 0 Å². The Bertz CT molecular complexity index is 2760. The molecule has 2 nitrogen and oxygen atoms in total. The van der Waals surface area contributed by atoms with Crippen molar-refractivity contribution >= 4 is 38.9 Å². The molecule has 1 heterocycles. The summed E-state index contributed by atoms with van der Waals surface area (Å²) in [4.78, 5) is 2.47. The average Bonchev–Trinajstić information content (AvgIpc) is 3.81. The summed E-state index contributed by atoms with van der Waals surface area (Å²) in [5, 5.41) is 2.50. The largest absolute Gasteiger partial charge is 0.310 e. The van der Waals surface area contributed by atoms with Crippen molar-refractivity contribution in [3.8, 4) is 27.9 Å². The second-order valence-corrected chi connectivity index (χ2v) is 13.6. The van der Waals surface area contributed by atoms with Crippen molar-refractivity contribution in [2.45, 2.75) is 5.41 Å². The smallest absolute Gasteiger partial charge is 0.0726 e. The van der Waals surface area contributed by atoms with Gasteiger partial charge in [-0.15, -0.1) is 0 Å². The molecule has 0 saturated carbocycles. The zero-order chi connectivity index (χ0) is 33.5. The molecule has 0 saturated heterocycles. The molecule has 0 amide bonds. The third-order valence-electron chi connectivity index (χ3n) is 11.2. The van der Waals surface area contributed by atoms with Gasteiger partial charge in [-0.1, -0.05) is 146 Å². The van der Waals surface area contributed by atoms with Gasteiger partial charge in [0.05, 0.1) is 22.1 Å². The standard InChI is InChI=1S/C49H32N2/c1-3-16-33(17-4-1)50(35-30-31-39-38-22-10-14-28-45(38)51(47(39)32-35)34-18-5-2-6-19-34)46-29-15-27-44-48(46)40-23-9-13-26-43(40)49(44)41-24-11-7-20-36(41)37-21-8-12-25-42(37)49/h1-32H. The summed E-state index contributed by atoms with van der Waals surface area (Å²) in [5.41, 5.74) is 17.2. The topological polar surface area (TPSA) is 8.17 Å². The molecule has 9 aromatic rings. The highest BCUT2D eigenvalue weighted by Crippen LogP contribution is 2.64. The fraction of sp³-hybridized carbons (Fsp3) is 0.0204. The number of benzene rings is 8. The summed E-state index contributed by atoms with van der Waals surface area (Å²) in [6, 6.07) is 71.4. The fourth-order valence-corrected chi connectivity index (χ4v) is 9.27. The van der Waals surface area contributed by atoms with E-state index in [0.717, 1.165) is 17.1 Å². The quantitative estimate of drug-likeness (QED) is 0.184. The SMILES string of the molecule is c1ccc(N(c2ccc3c4ccccc4n(-c4ccccc4)c3c2)c2cccc3c2-c2ccccc2C32c3ccccc3-c3ccccc32)cc1. The van der Waals surface area contributed by atoms with Crippen LogP contribution in [0.4, 0.5) is 17.1 Å². The number of nitrogens with zero attached hydrogens (tertiary/aromatic N) is 2. The van der Waals surface area contributed by atoms with Gasteiger partial charge in [0, 0.05) is 33.4 Å². The number of hydrogen-bond acceptors (Lipinski definition) is 1. The van der Waals surface area contributed by atoms with E-state index < -0.39 is 5.41 Å². The van der Waals surface area contributed by atoms with Crippen LogP contribution < -0.4 is 4.90 Å². The first kappa shape index (κ1) is 28.2. The Morgan fingerprint density at radius 2 is 0.922 bits per heavy atom. The van der Waals surface area contributed by atoms with E-state index in [2.05, 4.69) is 204 Å². The summed E-state index contributed by atoms with van der Waals surface area (Å²) in [6.45, 7) is 0. The van der Waals surface area contributed by atoms with Gasteiger partial charge in [-0.25, -0.2) is 0 Å². The lowest BCUT2D eigenvalue weighted by atomic mass is 9.70. The maximum Gasteiger partial charge on any atom is 0.0726 e. The Morgan fingerprint density at radius 1 is 0.373 bits per heavy atom. The van der Waals surface area contributed by atoms with E-state index in [-0.39, 0.29) is 0 Å². The van der Waals surface area contributed by atoms with Gasteiger partial charge in [0.2, 0.25) is 0 Å². The molecule has 0 atom stereocenters. The minimum absolute atomic E-state index is 0.402. The van der Waals surface area contributed by atoms with Crippen molar-refractivity contribution in [1.82, 2.24) is 4.57 Å². The average molecular weight is 649 g/mol. The molecule has 0 unspecified atom stereocenters. The van der Waals surface area contributed by atoms with E-state index in [9.17, 15) is 0 Å². The third kappa shape index (κ3) is 3.76. The van der Waals surface area contributed by atoms with Gasteiger partial charge in [-0.05, 0) is 87.5 Å². The van der Waals surface area contributed by atoms with Crippen LogP contribution in [-0.4, -0.2) is 4.57 Å². The Balaban J connectivity index is 1.22. The highest BCUT2D eigenvalue weighted by molar-refractivity contribution is 6.11. The molecule has 1 aromatic heterocycles. The summed E-state index contributed by atoms with van der Waals surface area (Å²) in [6.07, 6.45) is 0. The van der Waals surface area contributed by atoms with Gasteiger partial charge in [-0.3, -0.25) is 0 Å². The molecule has 1 spiro atoms. The van der Waals surface area contributed by atoms with Gasteiger partial charge in [0.25, 0.3) is 0 Å². The molecule has 2 aliphatic carbocycles. The van der Waals surface area contributed by atoms with Crippen molar-refractivity contribution in [2.24, 2.45) is 0 Å². The monoisotopic (exact) mass is 648 g/mol. The molecular weight excluding hydrogens is 617 g/mol. The van der Waals surface area contributed by atoms with Crippen molar-refractivity contribution in [3.05, 3.63) is 216 Å². The maximum atomic E-state index is 2.47. The van der Waals surface area contributed by atoms with Crippen LogP contribution in [0.1, 0.15) is 22.3 Å². The minimum Gasteiger partial charge on any atom is -0.310 e. The lowest BCUT2D eigenvalue weighted by Crippen LogP contribution is -2.26. The summed E-state index contributed by atoms with van der Waals surface area (Å²) in [7, 11) is 0. The Hall–Kier alpha value is -6.64. The molecule has 0 N–H and O–H groups in total. The molecule has 0 radical (unpaired) electrons. The Kier molecular flexibility index (Phi) is 5.91. The van der Waals surface area contributed by atoms with E-state index in [4.69, 9.17) is 0 Å². The van der Waals surface area contributed by atoms with Crippen molar-refractivity contribution in [3.63, 3.8) is 0 Å². The molecule has 2 aliphatic rings. The Morgan fingerprint density at radius 3 is 1.65 bits per heavy atom. The highest BCUT2D eigenvalue weighted by atomic mass is 15.1. The molecule has 8 aromatic carbocycles. The molecule has 0 bridgehead atoms. The molecule has 51 heavy (non-hydrogen) atoms. The van der Waals surface area contributed by atoms with E-state index in [0.29, 0.717) is 0 Å². The summed E-state index contributed by atoms with van der Waals surface area (Å²) < 4.78 is 2.41. The van der Waals surface area contributed by atoms with Crippen molar-refractivity contribution < 1.29 is 0 Å². The van der Waals surface area contributed by atoms with Crippen LogP contribution in [0.2, 0.25) is 0 Å². The highest BCUT2D eigenvalue weighted by Gasteiger charge is 2.52. The second kappa shape index (κ2) is 10.7. The second-order valence-electron chi connectivity index (χ2n) is 13.6. The van der Waals surface area contributed by atoms with E-state index in [1.54, 1.807) is 0 Å².